The lowest BCUT2D eigenvalue weighted by Crippen LogP contribution is -2.52. The van der Waals surface area contributed by atoms with Crippen LogP contribution in [-0.4, -0.2) is 48.1 Å². The molecule has 2 aliphatic rings. The zero-order valence-electron chi connectivity index (χ0n) is 11.6. The third kappa shape index (κ3) is 2.32. The lowest BCUT2D eigenvalue weighted by Gasteiger charge is -2.39. The fraction of sp³-hybridized carbons (Fsp3) is 0.625. The van der Waals surface area contributed by atoms with Crippen LogP contribution in [0, 0.1) is 0 Å². The first-order valence-electron chi connectivity index (χ1n) is 7.29. The van der Waals surface area contributed by atoms with Crippen LogP contribution in [0.1, 0.15) is 25.0 Å². The molecule has 1 saturated heterocycles. The molecule has 0 spiro atoms. The maximum Gasteiger partial charge on any atom is 0.0177 e. The minimum atomic E-state index is 0.702. The van der Waals surface area contributed by atoms with E-state index in [1.54, 1.807) is 11.1 Å². The zero-order valence-corrected chi connectivity index (χ0v) is 11.6. The summed E-state index contributed by atoms with van der Waals surface area (Å²) in [6, 6.07) is 10.4. The molecular weight excluding hydrogens is 220 g/mol. The minimum Gasteiger partial charge on any atom is -0.298 e. The van der Waals surface area contributed by atoms with E-state index in [2.05, 4.69) is 47.9 Å². The van der Waals surface area contributed by atoms with Gasteiger partial charge in [0.15, 0.2) is 0 Å². The van der Waals surface area contributed by atoms with Crippen LogP contribution in [0.3, 0.4) is 0 Å². The molecule has 18 heavy (non-hydrogen) atoms. The van der Waals surface area contributed by atoms with Gasteiger partial charge in [-0.3, -0.25) is 9.80 Å². The second-order valence-corrected chi connectivity index (χ2v) is 6.00. The number of piperazine rings is 1. The maximum absolute atomic E-state index is 2.71. The van der Waals surface area contributed by atoms with Crippen LogP contribution in [-0.2, 0) is 12.8 Å². The Hall–Kier alpha value is -0.860. The Kier molecular flexibility index (Phi) is 3.40. The number of benzene rings is 1. The molecule has 3 rings (SSSR count). The van der Waals surface area contributed by atoms with E-state index in [0.29, 0.717) is 6.04 Å². The third-order valence-corrected chi connectivity index (χ3v) is 4.63. The highest BCUT2D eigenvalue weighted by molar-refractivity contribution is 5.33. The van der Waals surface area contributed by atoms with Crippen LogP contribution in [0.4, 0.5) is 0 Å². The first-order valence-corrected chi connectivity index (χ1v) is 7.29. The molecule has 1 heterocycles. The van der Waals surface area contributed by atoms with Gasteiger partial charge < -0.3 is 0 Å². The molecule has 1 aromatic carbocycles. The van der Waals surface area contributed by atoms with E-state index in [1.165, 1.54) is 39.0 Å². The van der Waals surface area contributed by atoms with Gasteiger partial charge in [-0.1, -0.05) is 24.3 Å². The van der Waals surface area contributed by atoms with E-state index in [4.69, 9.17) is 0 Å². The summed E-state index contributed by atoms with van der Waals surface area (Å²) in [5.41, 5.74) is 3.16. The molecule has 0 amide bonds. The minimum absolute atomic E-state index is 0.702. The van der Waals surface area contributed by atoms with Crippen molar-refractivity contribution in [3.63, 3.8) is 0 Å². The Bertz CT molecular complexity index is 380. The SMILES string of the molecule is CC(C)N1CCN(C2Cc3ccccc3C2)CC1. The molecule has 2 nitrogen and oxygen atoms in total. The van der Waals surface area contributed by atoms with Gasteiger partial charge in [0.1, 0.15) is 0 Å². The van der Waals surface area contributed by atoms with Crippen LogP contribution < -0.4 is 0 Å². The van der Waals surface area contributed by atoms with Gasteiger partial charge in [-0.2, -0.15) is 0 Å². The Balaban J connectivity index is 1.60. The molecule has 0 atom stereocenters. The topological polar surface area (TPSA) is 6.48 Å². The maximum atomic E-state index is 2.71. The van der Waals surface area contributed by atoms with Gasteiger partial charge in [0.2, 0.25) is 0 Å². The van der Waals surface area contributed by atoms with Crippen molar-refractivity contribution in [1.29, 1.82) is 0 Å². The summed E-state index contributed by atoms with van der Waals surface area (Å²) in [4.78, 5) is 5.30. The first-order chi connectivity index (χ1) is 8.74. The van der Waals surface area contributed by atoms with E-state index in [9.17, 15) is 0 Å². The lowest BCUT2D eigenvalue weighted by molar-refractivity contribution is 0.0810. The van der Waals surface area contributed by atoms with Crippen molar-refractivity contribution in [2.24, 2.45) is 0 Å². The van der Waals surface area contributed by atoms with Gasteiger partial charge in [0, 0.05) is 38.3 Å². The molecule has 1 fully saturated rings. The molecule has 1 aliphatic carbocycles. The number of rotatable bonds is 2. The third-order valence-electron chi connectivity index (χ3n) is 4.63. The first kappa shape index (κ1) is 12.2. The van der Waals surface area contributed by atoms with Crippen molar-refractivity contribution in [2.45, 2.75) is 38.8 Å². The number of fused-ring (bicyclic) bond motifs is 1. The van der Waals surface area contributed by atoms with E-state index in [0.717, 1.165) is 6.04 Å². The summed E-state index contributed by atoms with van der Waals surface area (Å²) in [7, 11) is 0. The molecule has 2 heteroatoms. The smallest absolute Gasteiger partial charge is 0.0177 e. The molecule has 0 N–H and O–H groups in total. The van der Waals surface area contributed by atoms with E-state index >= 15 is 0 Å². The zero-order chi connectivity index (χ0) is 12.5. The average molecular weight is 244 g/mol. The predicted molar refractivity (Wildman–Crippen MR) is 75.9 cm³/mol. The lowest BCUT2D eigenvalue weighted by atomic mass is 10.1. The Morgan fingerprint density at radius 2 is 1.50 bits per heavy atom. The summed E-state index contributed by atoms with van der Waals surface area (Å²) in [5, 5.41) is 0. The van der Waals surface area contributed by atoms with Crippen molar-refractivity contribution in [3.8, 4) is 0 Å². The average Bonchev–Trinajstić information content (AvgIpc) is 2.82. The van der Waals surface area contributed by atoms with E-state index < -0.39 is 0 Å². The highest BCUT2D eigenvalue weighted by atomic mass is 15.3. The summed E-state index contributed by atoms with van der Waals surface area (Å²) >= 11 is 0. The Labute approximate surface area is 111 Å². The summed E-state index contributed by atoms with van der Waals surface area (Å²) in [6.07, 6.45) is 2.52. The van der Waals surface area contributed by atoms with Crippen molar-refractivity contribution in [1.82, 2.24) is 9.80 Å². The molecule has 0 aromatic heterocycles. The predicted octanol–water partition coefficient (Wildman–Crippen LogP) is 2.18. The van der Waals surface area contributed by atoms with Gasteiger partial charge in [-0.05, 0) is 37.8 Å². The quantitative estimate of drug-likeness (QED) is 0.787. The molecule has 0 unspecified atom stereocenters. The number of hydrogen-bond acceptors (Lipinski definition) is 2. The molecule has 1 aliphatic heterocycles. The van der Waals surface area contributed by atoms with Crippen LogP contribution in [0.5, 0.6) is 0 Å². The molecule has 98 valence electrons. The van der Waals surface area contributed by atoms with Gasteiger partial charge in [-0.15, -0.1) is 0 Å². The van der Waals surface area contributed by atoms with Crippen molar-refractivity contribution in [2.75, 3.05) is 26.2 Å². The molecule has 1 aromatic rings. The summed E-state index contributed by atoms with van der Waals surface area (Å²) in [6.45, 7) is 9.59. The van der Waals surface area contributed by atoms with Crippen molar-refractivity contribution in [3.05, 3.63) is 35.4 Å². The van der Waals surface area contributed by atoms with Gasteiger partial charge in [0.05, 0.1) is 0 Å². The molecule has 0 saturated carbocycles. The molecule has 0 radical (unpaired) electrons. The standard InChI is InChI=1S/C16H24N2/c1-13(2)17-7-9-18(10-8-17)16-11-14-5-3-4-6-15(14)12-16/h3-6,13,16H,7-12H2,1-2H3. The van der Waals surface area contributed by atoms with E-state index in [-0.39, 0.29) is 0 Å². The second kappa shape index (κ2) is 5.02. The van der Waals surface area contributed by atoms with E-state index in [1.807, 2.05) is 0 Å². The fourth-order valence-electron chi connectivity index (χ4n) is 3.41. The summed E-state index contributed by atoms with van der Waals surface area (Å²) < 4.78 is 0. The second-order valence-electron chi connectivity index (χ2n) is 6.00. The molecule has 0 bridgehead atoms. The van der Waals surface area contributed by atoms with Crippen LogP contribution in [0.15, 0.2) is 24.3 Å². The van der Waals surface area contributed by atoms with Gasteiger partial charge in [-0.25, -0.2) is 0 Å². The largest absolute Gasteiger partial charge is 0.298 e. The van der Waals surface area contributed by atoms with Gasteiger partial charge >= 0.3 is 0 Å². The monoisotopic (exact) mass is 244 g/mol. The Morgan fingerprint density at radius 3 is 2.00 bits per heavy atom. The van der Waals surface area contributed by atoms with Crippen LogP contribution in [0.2, 0.25) is 0 Å². The molecular formula is C16H24N2. The van der Waals surface area contributed by atoms with Crippen LogP contribution >= 0.6 is 0 Å². The summed E-state index contributed by atoms with van der Waals surface area (Å²) in [5.74, 6) is 0. The van der Waals surface area contributed by atoms with Gasteiger partial charge in [0.25, 0.3) is 0 Å². The number of nitrogens with zero attached hydrogens (tertiary/aromatic N) is 2. The fourth-order valence-corrected chi connectivity index (χ4v) is 3.41. The number of hydrogen-bond donors (Lipinski definition) is 0. The highest BCUT2D eigenvalue weighted by Gasteiger charge is 2.29. The highest BCUT2D eigenvalue weighted by Crippen LogP contribution is 2.26. The van der Waals surface area contributed by atoms with Crippen molar-refractivity contribution < 1.29 is 0 Å². The van der Waals surface area contributed by atoms with Crippen molar-refractivity contribution >= 4 is 0 Å². The Morgan fingerprint density at radius 1 is 0.944 bits per heavy atom. The van der Waals surface area contributed by atoms with Crippen LogP contribution in [0.25, 0.3) is 0 Å². The normalized spacial score (nSPS) is 22.6.